The first-order valence-corrected chi connectivity index (χ1v) is 8.63. The summed E-state index contributed by atoms with van der Waals surface area (Å²) < 4.78 is 11.4. The van der Waals surface area contributed by atoms with Crippen LogP contribution in [0.15, 0.2) is 41.2 Å². The van der Waals surface area contributed by atoms with Gasteiger partial charge in [-0.3, -0.25) is 9.59 Å². The standard InChI is InChI=1S/C19H23N3O4/c1-25-12-11-22-18(23)10-9-17(20-22)19(24)21(15-5-6-15)13-14-3-7-16(26-2)8-4-14/h3-4,7-10,15H,5-6,11-13H2,1-2H3. The van der Waals surface area contributed by atoms with Gasteiger partial charge in [-0.05, 0) is 36.6 Å². The van der Waals surface area contributed by atoms with Crippen molar-refractivity contribution in [3.05, 3.63) is 58.0 Å². The van der Waals surface area contributed by atoms with Crippen LogP contribution in [0.1, 0.15) is 28.9 Å². The summed E-state index contributed by atoms with van der Waals surface area (Å²) in [6.45, 7) is 1.19. The lowest BCUT2D eigenvalue weighted by atomic mass is 10.2. The van der Waals surface area contributed by atoms with Gasteiger partial charge in [0.2, 0.25) is 0 Å². The molecule has 1 amide bonds. The van der Waals surface area contributed by atoms with Crippen LogP contribution in [0.5, 0.6) is 5.75 Å². The number of aromatic nitrogens is 2. The first-order chi connectivity index (χ1) is 12.6. The quantitative estimate of drug-likeness (QED) is 0.719. The Morgan fingerprint density at radius 1 is 1.19 bits per heavy atom. The lowest BCUT2D eigenvalue weighted by molar-refractivity contribution is 0.0720. The molecule has 0 radical (unpaired) electrons. The van der Waals surface area contributed by atoms with Crippen LogP contribution < -0.4 is 10.3 Å². The van der Waals surface area contributed by atoms with Crippen molar-refractivity contribution >= 4 is 5.91 Å². The number of amides is 1. The molecule has 1 saturated carbocycles. The van der Waals surface area contributed by atoms with Crippen LogP contribution in [0.4, 0.5) is 0 Å². The van der Waals surface area contributed by atoms with Crippen LogP contribution in [0.2, 0.25) is 0 Å². The first-order valence-electron chi connectivity index (χ1n) is 8.63. The van der Waals surface area contributed by atoms with E-state index >= 15 is 0 Å². The molecular weight excluding hydrogens is 334 g/mol. The second-order valence-electron chi connectivity index (χ2n) is 6.29. The highest BCUT2D eigenvalue weighted by Crippen LogP contribution is 2.29. The zero-order chi connectivity index (χ0) is 18.5. The number of nitrogens with zero attached hydrogens (tertiary/aromatic N) is 3. The second-order valence-corrected chi connectivity index (χ2v) is 6.29. The monoisotopic (exact) mass is 357 g/mol. The molecule has 1 aromatic carbocycles. The van der Waals surface area contributed by atoms with Crippen molar-refractivity contribution in [3.8, 4) is 5.75 Å². The summed E-state index contributed by atoms with van der Waals surface area (Å²) in [5.41, 5.74) is 1.06. The molecule has 0 aliphatic heterocycles. The van der Waals surface area contributed by atoms with Gasteiger partial charge in [-0.2, -0.15) is 5.10 Å². The average molecular weight is 357 g/mol. The number of hydrogen-bond acceptors (Lipinski definition) is 5. The van der Waals surface area contributed by atoms with Gasteiger partial charge in [-0.15, -0.1) is 0 Å². The summed E-state index contributed by atoms with van der Waals surface area (Å²) in [4.78, 5) is 26.7. The lowest BCUT2D eigenvalue weighted by Crippen LogP contribution is -2.35. The van der Waals surface area contributed by atoms with Crippen molar-refractivity contribution in [2.24, 2.45) is 0 Å². The van der Waals surface area contributed by atoms with Crippen molar-refractivity contribution in [2.75, 3.05) is 20.8 Å². The van der Waals surface area contributed by atoms with E-state index in [2.05, 4.69) is 5.10 Å². The van der Waals surface area contributed by atoms with Gasteiger partial charge in [0.25, 0.3) is 11.5 Å². The number of methoxy groups -OCH3 is 2. The fraction of sp³-hybridized carbons (Fsp3) is 0.421. The van der Waals surface area contributed by atoms with Crippen molar-refractivity contribution in [1.82, 2.24) is 14.7 Å². The normalized spacial score (nSPS) is 13.5. The van der Waals surface area contributed by atoms with E-state index in [1.807, 2.05) is 29.2 Å². The van der Waals surface area contributed by atoms with E-state index < -0.39 is 0 Å². The molecule has 1 aliphatic carbocycles. The molecule has 2 aromatic rings. The third-order valence-corrected chi connectivity index (χ3v) is 4.35. The fourth-order valence-corrected chi connectivity index (χ4v) is 2.73. The van der Waals surface area contributed by atoms with Crippen LogP contribution in [0, 0.1) is 0 Å². The number of hydrogen-bond donors (Lipinski definition) is 0. The Hall–Kier alpha value is -2.67. The predicted molar refractivity (Wildman–Crippen MR) is 96.3 cm³/mol. The number of carbonyl (C=O) groups excluding carboxylic acids is 1. The molecule has 1 aromatic heterocycles. The van der Waals surface area contributed by atoms with Crippen molar-refractivity contribution in [2.45, 2.75) is 32.0 Å². The maximum Gasteiger partial charge on any atom is 0.274 e. The summed E-state index contributed by atoms with van der Waals surface area (Å²) in [5.74, 6) is 0.624. The molecule has 0 unspecified atom stereocenters. The Balaban J connectivity index is 1.79. The summed E-state index contributed by atoms with van der Waals surface area (Å²) in [6.07, 6.45) is 1.98. The molecule has 0 atom stereocenters. The number of benzene rings is 1. The van der Waals surface area contributed by atoms with E-state index in [4.69, 9.17) is 9.47 Å². The Morgan fingerprint density at radius 2 is 1.92 bits per heavy atom. The Labute approximate surface area is 152 Å². The van der Waals surface area contributed by atoms with E-state index in [1.54, 1.807) is 14.2 Å². The van der Waals surface area contributed by atoms with Crippen LogP contribution in [0.3, 0.4) is 0 Å². The zero-order valence-corrected chi connectivity index (χ0v) is 15.1. The zero-order valence-electron chi connectivity index (χ0n) is 15.1. The molecule has 1 heterocycles. The summed E-state index contributed by atoms with van der Waals surface area (Å²) in [5, 5.41) is 4.22. The highest BCUT2D eigenvalue weighted by Gasteiger charge is 2.33. The molecule has 0 N–H and O–H groups in total. The van der Waals surface area contributed by atoms with Gasteiger partial charge < -0.3 is 14.4 Å². The van der Waals surface area contributed by atoms with E-state index in [0.717, 1.165) is 24.2 Å². The molecular formula is C19H23N3O4. The molecule has 0 saturated heterocycles. The third-order valence-electron chi connectivity index (χ3n) is 4.35. The minimum Gasteiger partial charge on any atom is -0.497 e. The molecule has 1 aliphatic rings. The van der Waals surface area contributed by atoms with Crippen molar-refractivity contribution in [1.29, 1.82) is 0 Å². The largest absolute Gasteiger partial charge is 0.497 e. The minimum absolute atomic E-state index is 0.158. The summed E-state index contributed by atoms with van der Waals surface area (Å²) >= 11 is 0. The molecule has 138 valence electrons. The van der Waals surface area contributed by atoms with Gasteiger partial charge in [0.15, 0.2) is 0 Å². The van der Waals surface area contributed by atoms with Crippen molar-refractivity contribution in [3.63, 3.8) is 0 Å². The van der Waals surface area contributed by atoms with Gasteiger partial charge >= 0.3 is 0 Å². The molecule has 7 heteroatoms. The summed E-state index contributed by atoms with van der Waals surface area (Å²) in [7, 11) is 3.18. The molecule has 0 bridgehead atoms. The van der Waals surface area contributed by atoms with E-state index in [1.165, 1.54) is 16.8 Å². The lowest BCUT2D eigenvalue weighted by Gasteiger charge is -2.22. The Kier molecular flexibility index (Phi) is 5.68. The highest BCUT2D eigenvalue weighted by atomic mass is 16.5. The topological polar surface area (TPSA) is 73.7 Å². The number of ether oxygens (including phenoxy) is 2. The number of rotatable bonds is 8. The maximum absolute atomic E-state index is 13.0. The van der Waals surface area contributed by atoms with E-state index in [0.29, 0.717) is 19.7 Å². The fourth-order valence-electron chi connectivity index (χ4n) is 2.73. The third kappa shape index (κ3) is 4.29. The predicted octanol–water partition coefficient (Wildman–Crippen LogP) is 1.70. The first kappa shape index (κ1) is 18.1. The SMILES string of the molecule is COCCn1nc(C(=O)N(Cc2ccc(OC)cc2)C2CC2)ccc1=O. The average Bonchev–Trinajstić information content (AvgIpc) is 3.50. The molecule has 7 nitrogen and oxygen atoms in total. The Bertz CT molecular complexity index is 812. The summed E-state index contributed by atoms with van der Waals surface area (Å²) in [6, 6.07) is 10.8. The second kappa shape index (κ2) is 8.14. The van der Waals surface area contributed by atoms with E-state index in [-0.39, 0.29) is 23.2 Å². The van der Waals surface area contributed by atoms with Gasteiger partial charge in [-0.25, -0.2) is 4.68 Å². The van der Waals surface area contributed by atoms with Gasteiger partial charge in [-0.1, -0.05) is 12.1 Å². The van der Waals surface area contributed by atoms with Gasteiger partial charge in [0.05, 0.1) is 20.3 Å². The van der Waals surface area contributed by atoms with Crippen LogP contribution in [0.25, 0.3) is 0 Å². The van der Waals surface area contributed by atoms with Gasteiger partial charge in [0.1, 0.15) is 11.4 Å². The maximum atomic E-state index is 13.0. The number of carbonyl (C=O) groups is 1. The van der Waals surface area contributed by atoms with Crippen LogP contribution in [-0.2, 0) is 17.8 Å². The van der Waals surface area contributed by atoms with Gasteiger partial charge in [0, 0.05) is 25.8 Å². The molecule has 26 heavy (non-hydrogen) atoms. The Morgan fingerprint density at radius 3 is 2.54 bits per heavy atom. The minimum atomic E-state index is -0.244. The molecule has 3 rings (SSSR count). The smallest absolute Gasteiger partial charge is 0.274 e. The molecule has 0 spiro atoms. The van der Waals surface area contributed by atoms with Crippen LogP contribution >= 0.6 is 0 Å². The van der Waals surface area contributed by atoms with Crippen molar-refractivity contribution < 1.29 is 14.3 Å². The highest BCUT2D eigenvalue weighted by molar-refractivity contribution is 5.92. The molecule has 1 fully saturated rings. The van der Waals surface area contributed by atoms with E-state index in [9.17, 15) is 9.59 Å². The van der Waals surface area contributed by atoms with Crippen LogP contribution in [-0.4, -0.2) is 47.5 Å².